The van der Waals surface area contributed by atoms with Crippen LogP contribution in [0.3, 0.4) is 0 Å². The number of carbonyl (C=O) groups is 2. The molecule has 1 aromatic carbocycles. The fraction of sp³-hybridized carbons (Fsp3) is 0.385. The number of methoxy groups -OCH3 is 1. The van der Waals surface area contributed by atoms with E-state index in [2.05, 4.69) is 4.74 Å². The fourth-order valence-electron chi connectivity index (χ4n) is 2.52. The molecule has 11 heteroatoms. The molecule has 0 saturated carbocycles. The van der Waals surface area contributed by atoms with Crippen LogP contribution in [0.2, 0.25) is 0 Å². The van der Waals surface area contributed by atoms with Crippen molar-refractivity contribution >= 4 is 23.3 Å². The second-order valence-corrected chi connectivity index (χ2v) is 5.10. The molecule has 1 saturated heterocycles. The molecule has 0 bridgehead atoms. The molecule has 1 N–H and O–H groups in total. The lowest BCUT2D eigenvalue weighted by molar-refractivity contribution is -0.394. The summed E-state index contributed by atoms with van der Waals surface area (Å²) >= 11 is 0. The van der Waals surface area contributed by atoms with Crippen LogP contribution in [0.5, 0.6) is 0 Å². The summed E-state index contributed by atoms with van der Waals surface area (Å²) in [5.74, 6) is -1.65. The molecule has 11 nitrogen and oxygen atoms in total. The first-order valence-electron chi connectivity index (χ1n) is 6.76. The standard InChI is InChI=1S/C13H13N3O8/c1-24-13(19)11-5-8(17)6-14(11)12(18)9-3-2-7(15(20)21)4-10(9)16(22)23/h2-4,8,11,17H,5-6H2,1H3. The minimum Gasteiger partial charge on any atom is -0.467 e. The van der Waals surface area contributed by atoms with Gasteiger partial charge in [-0.2, -0.15) is 0 Å². The van der Waals surface area contributed by atoms with Gasteiger partial charge >= 0.3 is 5.97 Å². The summed E-state index contributed by atoms with van der Waals surface area (Å²) in [4.78, 5) is 45.4. The Morgan fingerprint density at radius 1 is 1.29 bits per heavy atom. The molecule has 128 valence electrons. The Labute approximate surface area is 134 Å². The average Bonchev–Trinajstić information content (AvgIpc) is 2.94. The number of nitro groups is 2. The molecule has 0 radical (unpaired) electrons. The van der Waals surface area contributed by atoms with Crippen LogP contribution in [0, 0.1) is 20.2 Å². The van der Waals surface area contributed by atoms with Gasteiger partial charge in [0, 0.05) is 19.0 Å². The number of nitrogens with zero attached hydrogens (tertiary/aromatic N) is 3. The van der Waals surface area contributed by atoms with Crippen molar-refractivity contribution in [2.75, 3.05) is 13.7 Å². The van der Waals surface area contributed by atoms with Crippen molar-refractivity contribution in [1.82, 2.24) is 4.90 Å². The highest BCUT2D eigenvalue weighted by molar-refractivity contribution is 6.00. The maximum absolute atomic E-state index is 12.6. The van der Waals surface area contributed by atoms with E-state index in [0.29, 0.717) is 6.07 Å². The molecule has 1 aliphatic heterocycles. The molecule has 1 aliphatic rings. The molecule has 1 fully saturated rings. The molecular weight excluding hydrogens is 326 g/mol. The third-order valence-corrected chi connectivity index (χ3v) is 3.63. The molecular formula is C13H13N3O8. The Balaban J connectivity index is 2.43. The number of esters is 1. The summed E-state index contributed by atoms with van der Waals surface area (Å²) in [6.45, 7) is -0.202. The predicted octanol–water partition coefficient (Wildman–Crippen LogP) is 0.251. The number of nitro benzene ring substituents is 2. The van der Waals surface area contributed by atoms with Crippen molar-refractivity contribution in [3.05, 3.63) is 44.0 Å². The van der Waals surface area contributed by atoms with Crippen LogP contribution in [0.25, 0.3) is 0 Å². The minimum absolute atomic E-state index is 0.0564. The number of aliphatic hydroxyl groups excluding tert-OH is 1. The SMILES string of the molecule is COC(=O)C1CC(O)CN1C(=O)c1ccc([N+](=O)[O-])cc1[N+](=O)[O-]. The van der Waals surface area contributed by atoms with Gasteiger partial charge in [-0.05, 0) is 6.07 Å². The lowest BCUT2D eigenvalue weighted by Crippen LogP contribution is -2.41. The molecule has 2 rings (SSSR count). The van der Waals surface area contributed by atoms with E-state index in [-0.39, 0.29) is 13.0 Å². The Hall–Kier alpha value is -3.08. The Bertz CT molecular complexity index is 719. The van der Waals surface area contributed by atoms with E-state index < -0.39 is 50.8 Å². The van der Waals surface area contributed by atoms with E-state index in [1.165, 1.54) is 0 Å². The molecule has 24 heavy (non-hydrogen) atoms. The number of carbonyl (C=O) groups excluding carboxylic acids is 2. The normalized spacial score (nSPS) is 19.8. The van der Waals surface area contributed by atoms with Gasteiger partial charge in [-0.15, -0.1) is 0 Å². The quantitative estimate of drug-likeness (QED) is 0.465. The summed E-state index contributed by atoms with van der Waals surface area (Å²) < 4.78 is 4.56. The number of rotatable bonds is 4. The van der Waals surface area contributed by atoms with Gasteiger partial charge in [0.1, 0.15) is 11.6 Å². The first kappa shape index (κ1) is 17.3. The zero-order valence-corrected chi connectivity index (χ0v) is 12.4. The molecule has 2 unspecified atom stereocenters. The fourth-order valence-corrected chi connectivity index (χ4v) is 2.52. The van der Waals surface area contributed by atoms with Crippen LogP contribution >= 0.6 is 0 Å². The zero-order valence-electron chi connectivity index (χ0n) is 12.4. The van der Waals surface area contributed by atoms with Crippen molar-refractivity contribution in [1.29, 1.82) is 0 Å². The maximum Gasteiger partial charge on any atom is 0.328 e. The molecule has 0 spiro atoms. The third kappa shape index (κ3) is 3.15. The zero-order chi connectivity index (χ0) is 18.0. The molecule has 1 heterocycles. The first-order chi connectivity index (χ1) is 11.3. The maximum atomic E-state index is 12.6. The molecule has 2 atom stereocenters. The number of benzene rings is 1. The number of hydrogen-bond acceptors (Lipinski definition) is 8. The van der Waals surface area contributed by atoms with E-state index in [1.54, 1.807) is 0 Å². The van der Waals surface area contributed by atoms with Gasteiger partial charge in [0.25, 0.3) is 17.3 Å². The Morgan fingerprint density at radius 3 is 2.50 bits per heavy atom. The number of ether oxygens (including phenoxy) is 1. The topological polar surface area (TPSA) is 153 Å². The summed E-state index contributed by atoms with van der Waals surface area (Å²) in [6, 6.07) is 1.51. The number of hydrogen-bond donors (Lipinski definition) is 1. The van der Waals surface area contributed by atoms with E-state index in [4.69, 9.17) is 0 Å². The molecule has 0 aromatic heterocycles. The highest BCUT2D eigenvalue weighted by atomic mass is 16.6. The Kier molecular flexibility index (Phi) is 4.74. The number of amides is 1. The molecule has 1 amide bonds. The van der Waals surface area contributed by atoms with Crippen LogP contribution < -0.4 is 0 Å². The van der Waals surface area contributed by atoms with Crippen molar-refractivity contribution in [3.8, 4) is 0 Å². The lowest BCUT2D eigenvalue weighted by atomic mass is 10.1. The predicted molar refractivity (Wildman–Crippen MR) is 77.2 cm³/mol. The van der Waals surface area contributed by atoms with Gasteiger partial charge in [0.15, 0.2) is 0 Å². The largest absolute Gasteiger partial charge is 0.467 e. The monoisotopic (exact) mass is 339 g/mol. The van der Waals surface area contributed by atoms with Gasteiger partial charge in [-0.25, -0.2) is 4.79 Å². The van der Waals surface area contributed by atoms with E-state index >= 15 is 0 Å². The van der Waals surface area contributed by atoms with Gasteiger partial charge in [0.05, 0.1) is 29.1 Å². The highest BCUT2D eigenvalue weighted by Gasteiger charge is 2.41. The van der Waals surface area contributed by atoms with E-state index in [0.717, 1.165) is 24.1 Å². The summed E-state index contributed by atoms with van der Waals surface area (Å²) in [6.07, 6.45) is -1.03. The summed E-state index contributed by atoms with van der Waals surface area (Å²) in [7, 11) is 1.12. The molecule has 0 aliphatic carbocycles. The van der Waals surface area contributed by atoms with Crippen LogP contribution in [0.1, 0.15) is 16.8 Å². The van der Waals surface area contributed by atoms with E-state index in [1.807, 2.05) is 0 Å². The number of aliphatic hydroxyl groups is 1. The number of β-amino-alcohol motifs (C(OH)–C–C–N with tert-alkyl or cyclic N) is 1. The van der Waals surface area contributed by atoms with Crippen molar-refractivity contribution in [3.63, 3.8) is 0 Å². The smallest absolute Gasteiger partial charge is 0.328 e. The second-order valence-electron chi connectivity index (χ2n) is 5.10. The van der Waals surface area contributed by atoms with Crippen LogP contribution in [0.4, 0.5) is 11.4 Å². The average molecular weight is 339 g/mol. The van der Waals surface area contributed by atoms with Gasteiger partial charge in [-0.1, -0.05) is 0 Å². The van der Waals surface area contributed by atoms with Gasteiger partial charge < -0.3 is 14.7 Å². The van der Waals surface area contributed by atoms with Crippen LogP contribution in [-0.2, 0) is 9.53 Å². The van der Waals surface area contributed by atoms with Crippen LogP contribution in [-0.4, -0.2) is 57.5 Å². The lowest BCUT2D eigenvalue weighted by Gasteiger charge is -2.22. The van der Waals surface area contributed by atoms with Gasteiger partial charge in [0.2, 0.25) is 0 Å². The van der Waals surface area contributed by atoms with Crippen molar-refractivity contribution in [2.24, 2.45) is 0 Å². The molecule has 1 aromatic rings. The Morgan fingerprint density at radius 2 is 1.96 bits per heavy atom. The number of likely N-dealkylation sites (tertiary alicyclic amines) is 1. The van der Waals surface area contributed by atoms with Crippen molar-refractivity contribution in [2.45, 2.75) is 18.6 Å². The van der Waals surface area contributed by atoms with Crippen LogP contribution in [0.15, 0.2) is 18.2 Å². The van der Waals surface area contributed by atoms with Crippen molar-refractivity contribution < 1.29 is 29.3 Å². The second kappa shape index (κ2) is 6.58. The summed E-state index contributed by atoms with van der Waals surface area (Å²) in [5.41, 5.74) is -1.70. The minimum atomic E-state index is -1.08. The number of non-ortho nitro benzene ring substituents is 1. The highest BCUT2D eigenvalue weighted by Crippen LogP contribution is 2.29. The first-order valence-corrected chi connectivity index (χ1v) is 6.76. The summed E-state index contributed by atoms with van der Waals surface area (Å²) in [5, 5.41) is 31.5. The third-order valence-electron chi connectivity index (χ3n) is 3.63. The van der Waals surface area contributed by atoms with Gasteiger partial charge in [-0.3, -0.25) is 25.0 Å². The van der Waals surface area contributed by atoms with E-state index in [9.17, 15) is 34.9 Å².